The smallest absolute Gasteiger partial charge is 0.272 e. The van der Waals surface area contributed by atoms with E-state index in [0.717, 1.165) is 12.2 Å². The zero-order valence-corrected chi connectivity index (χ0v) is 11.8. The highest BCUT2D eigenvalue weighted by atomic mass is 32.2. The molecule has 6 heteroatoms. The van der Waals surface area contributed by atoms with Crippen LogP contribution in [0.2, 0.25) is 0 Å². The Kier molecular flexibility index (Phi) is 5.94. The number of nitrogen functional groups attached to an aromatic ring is 1. The summed E-state index contributed by atoms with van der Waals surface area (Å²) < 4.78 is 0. The fourth-order valence-electron chi connectivity index (χ4n) is 1.50. The molecule has 3 N–H and O–H groups in total. The summed E-state index contributed by atoms with van der Waals surface area (Å²) in [4.78, 5) is 18.1. The standard InChI is InChI=1S/C12H20N4OS/c1-9(7-8-18-3)16(2)12(17)10-5-4-6-11(14-10)15-13/h4-6,9H,7-8,13H2,1-3H3,(H,14,15). The Morgan fingerprint density at radius 3 is 2.94 bits per heavy atom. The third-order valence-corrected chi connectivity index (χ3v) is 3.48. The van der Waals surface area contributed by atoms with Crippen molar-refractivity contribution < 1.29 is 4.79 Å². The van der Waals surface area contributed by atoms with Gasteiger partial charge >= 0.3 is 0 Å². The molecule has 1 aromatic rings. The molecule has 0 spiro atoms. The molecule has 1 heterocycles. The largest absolute Gasteiger partial charge is 0.338 e. The monoisotopic (exact) mass is 268 g/mol. The number of pyridine rings is 1. The number of nitrogens with two attached hydrogens (primary N) is 1. The minimum atomic E-state index is -0.0827. The second-order valence-electron chi connectivity index (χ2n) is 4.10. The summed E-state index contributed by atoms with van der Waals surface area (Å²) in [7, 11) is 1.80. The third-order valence-electron chi connectivity index (χ3n) is 2.84. The molecule has 5 nitrogen and oxygen atoms in total. The molecular formula is C12H20N4OS. The number of aromatic nitrogens is 1. The van der Waals surface area contributed by atoms with Crippen molar-refractivity contribution in [1.29, 1.82) is 0 Å². The van der Waals surface area contributed by atoms with E-state index in [0.29, 0.717) is 11.5 Å². The average Bonchev–Trinajstić information content (AvgIpc) is 2.43. The van der Waals surface area contributed by atoms with Crippen molar-refractivity contribution in [2.75, 3.05) is 24.5 Å². The maximum absolute atomic E-state index is 12.2. The molecule has 1 unspecified atom stereocenters. The molecule has 0 aliphatic rings. The van der Waals surface area contributed by atoms with Gasteiger partial charge in [-0.05, 0) is 37.5 Å². The predicted molar refractivity (Wildman–Crippen MR) is 76.6 cm³/mol. The Hall–Kier alpha value is -1.27. The molecule has 1 atom stereocenters. The Bertz CT molecular complexity index is 399. The van der Waals surface area contributed by atoms with E-state index in [2.05, 4.69) is 16.7 Å². The van der Waals surface area contributed by atoms with Gasteiger partial charge in [-0.1, -0.05) is 6.07 Å². The quantitative estimate of drug-likeness (QED) is 0.605. The van der Waals surface area contributed by atoms with Gasteiger partial charge in [0.15, 0.2) is 0 Å². The molecule has 1 aromatic heterocycles. The van der Waals surface area contributed by atoms with Gasteiger partial charge in [0.2, 0.25) is 0 Å². The molecule has 0 radical (unpaired) electrons. The molecule has 0 saturated heterocycles. The number of hydrogen-bond donors (Lipinski definition) is 2. The number of carbonyl (C=O) groups excluding carboxylic acids is 1. The normalized spacial score (nSPS) is 12.0. The maximum atomic E-state index is 12.2. The Balaban J connectivity index is 2.72. The number of hydrogen-bond acceptors (Lipinski definition) is 5. The highest BCUT2D eigenvalue weighted by molar-refractivity contribution is 7.98. The van der Waals surface area contributed by atoms with Gasteiger partial charge in [-0.25, -0.2) is 10.8 Å². The number of hydrazine groups is 1. The zero-order chi connectivity index (χ0) is 13.5. The van der Waals surface area contributed by atoms with E-state index in [1.165, 1.54) is 0 Å². The van der Waals surface area contributed by atoms with Crippen molar-refractivity contribution >= 4 is 23.5 Å². The SMILES string of the molecule is CSCCC(C)N(C)C(=O)c1cccc(NN)n1. The van der Waals surface area contributed by atoms with E-state index < -0.39 is 0 Å². The average molecular weight is 268 g/mol. The van der Waals surface area contributed by atoms with Crippen molar-refractivity contribution in [2.24, 2.45) is 5.84 Å². The zero-order valence-electron chi connectivity index (χ0n) is 11.0. The molecular weight excluding hydrogens is 248 g/mol. The molecule has 0 saturated carbocycles. The molecule has 0 fully saturated rings. The number of anilines is 1. The van der Waals surface area contributed by atoms with Crippen LogP contribution in [0.5, 0.6) is 0 Å². The summed E-state index contributed by atoms with van der Waals surface area (Å²) in [5.74, 6) is 6.73. The second kappa shape index (κ2) is 7.23. The summed E-state index contributed by atoms with van der Waals surface area (Å²) in [6, 6.07) is 5.37. The minimum Gasteiger partial charge on any atom is -0.338 e. The molecule has 1 amide bonds. The predicted octanol–water partition coefficient (Wildman–Crippen LogP) is 1.58. The van der Waals surface area contributed by atoms with Crippen LogP contribution in [-0.4, -0.2) is 40.9 Å². The van der Waals surface area contributed by atoms with Crippen LogP contribution in [0.25, 0.3) is 0 Å². The minimum absolute atomic E-state index is 0.0827. The number of amides is 1. The second-order valence-corrected chi connectivity index (χ2v) is 5.08. The van der Waals surface area contributed by atoms with Crippen LogP contribution in [0.15, 0.2) is 18.2 Å². The Morgan fingerprint density at radius 1 is 1.61 bits per heavy atom. The van der Waals surface area contributed by atoms with E-state index in [-0.39, 0.29) is 11.9 Å². The van der Waals surface area contributed by atoms with Crippen molar-refractivity contribution in [3.05, 3.63) is 23.9 Å². The van der Waals surface area contributed by atoms with Crippen LogP contribution in [-0.2, 0) is 0 Å². The van der Waals surface area contributed by atoms with Gasteiger partial charge in [-0.2, -0.15) is 11.8 Å². The van der Waals surface area contributed by atoms with Gasteiger partial charge in [-0.3, -0.25) is 4.79 Å². The molecule has 0 aromatic carbocycles. The molecule has 0 aliphatic heterocycles. The van der Waals surface area contributed by atoms with Crippen LogP contribution in [0.4, 0.5) is 5.82 Å². The lowest BCUT2D eigenvalue weighted by atomic mass is 10.2. The van der Waals surface area contributed by atoms with Crippen molar-refractivity contribution in [3.8, 4) is 0 Å². The third kappa shape index (κ3) is 3.89. The maximum Gasteiger partial charge on any atom is 0.272 e. The molecule has 18 heavy (non-hydrogen) atoms. The number of thioether (sulfide) groups is 1. The van der Waals surface area contributed by atoms with E-state index in [1.807, 2.05) is 6.92 Å². The lowest BCUT2D eigenvalue weighted by Crippen LogP contribution is -2.36. The van der Waals surface area contributed by atoms with Gasteiger partial charge < -0.3 is 10.3 Å². The number of rotatable bonds is 6. The van der Waals surface area contributed by atoms with Gasteiger partial charge in [0.1, 0.15) is 11.5 Å². The molecule has 1 rings (SSSR count). The lowest BCUT2D eigenvalue weighted by Gasteiger charge is -2.24. The van der Waals surface area contributed by atoms with E-state index in [9.17, 15) is 4.79 Å². The number of nitrogens with zero attached hydrogens (tertiary/aromatic N) is 2. The van der Waals surface area contributed by atoms with Crippen LogP contribution >= 0.6 is 11.8 Å². The van der Waals surface area contributed by atoms with Crippen LogP contribution in [0.1, 0.15) is 23.8 Å². The first-order valence-corrected chi connectivity index (χ1v) is 7.19. The summed E-state index contributed by atoms with van der Waals surface area (Å²) >= 11 is 1.78. The first-order valence-electron chi connectivity index (χ1n) is 5.80. The summed E-state index contributed by atoms with van der Waals surface area (Å²) in [5, 5.41) is 0. The van der Waals surface area contributed by atoms with Crippen LogP contribution in [0.3, 0.4) is 0 Å². The van der Waals surface area contributed by atoms with E-state index in [4.69, 9.17) is 5.84 Å². The summed E-state index contributed by atoms with van der Waals surface area (Å²) in [6.07, 6.45) is 3.03. The fraction of sp³-hybridized carbons (Fsp3) is 0.500. The van der Waals surface area contributed by atoms with Gasteiger partial charge in [0.25, 0.3) is 5.91 Å². The first-order chi connectivity index (χ1) is 8.60. The first kappa shape index (κ1) is 14.8. The summed E-state index contributed by atoms with van der Waals surface area (Å²) in [6.45, 7) is 2.04. The topological polar surface area (TPSA) is 71.2 Å². The molecule has 0 aliphatic carbocycles. The summed E-state index contributed by atoms with van der Waals surface area (Å²) in [5.41, 5.74) is 2.85. The lowest BCUT2D eigenvalue weighted by molar-refractivity contribution is 0.0735. The van der Waals surface area contributed by atoms with Gasteiger partial charge in [-0.15, -0.1) is 0 Å². The molecule has 0 bridgehead atoms. The van der Waals surface area contributed by atoms with E-state index in [1.54, 1.807) is 41.9 Å². The fourth-order valence-corrected chi connectivity index (χ4v) is 2.07. The Labute approximate surface area is 112 Å². The van der Waals surface area contributed by atoms with E-state index >= 15 is 0 Å². The van der Waals surface area contributed by atoms with Crippen molar-refractivity contribution in [2.45, 2.75) is 19.4 Å². The van der Waals surface area contributed by atoms with Crippen LogP contribution in [0, 0.1) is 0 Å². The number of nitrogens with one attached hydrogen (secondary N) is 1. The van der Waals surface area contributed by atoms with Gasteiger partial charge in [0.05, 0.1) is 0 Å². The molecule has 100 valence electrons. The Morgan fingerprint density at radius 2 is 2.33 bits per heavy atom. The van der Waals surface area contributed by atoms with Crippen molar-refractivity contribution in [3.63, 3.8) is 0 Å². The van der Waals surface area contributed by atoms with Crippen molar-refractivity contribution in [1.82, 2.24) is 9.88 Å². The van der Waals surface area contributed by atoms with Gasteiger partial charge in [0, 0.05) is 13.1 Å². The highest BCUT2D eigenvalue weighted by Crippen LogP contribution is 2.11. The number of carbonyl (C=O) groups is 1. The van der Waals surface area contributed by atoms with Crippen LogP contribution < -0.4 is 11.3 Å². The highest BCUT2D eigenvalue weighted by Gasteiger charge is 2.18.